The van der Waals surface area contributed by atoms with E-state index in [1.165, 1.54) is 36.9 Å². The second-order valence-electron chi connectivity index (χ2n) is 9.84. The molecule has 0 aliphatic carbocycles. The van der Waals surface area contributed by atoms with Crippen LogP contribution in [0.5, 0.6) is 0 Å². The van der Waals surface area contributed by atoms with Gasteiger partial charge in [0.25, 0.3) is 6.43 Å². The average Bonchev–Trinajstić information content (AvgIpc) is 3.46. The Bertz CT molecular complexity index is 1160. The zero-order valence-electron chi connectivity index (χ0n) is 20.9. The van der Waals surface area contributed by atoms with Crippen molar-refractivity contribution in [2.24, 2.45) is 7.05 Å². The maximum Gasteiger partial charge on any atom is 0.264 e. The second kappa shape index (κ2) is 10.5. The monoisotopic (exact) mass is 482 g/mol. The van der Waals surface area contributed by atoms with Gasteiger partial charge in [0.05, 0.1) is 6.20 Å². The van der Waals surface area contributed by atoms with Crippen molar-refractivity contribution in [3.05, 3.63) is 46.9 Å². The van der Waals surface area contributed by atoms with E-state index in [-0.39, 0.29) is 5.56 Å². The van der Waals surface area contributed by atoms with Gasteiger partial charge in [0.2, 0.25) is 0 Å². The molecule has 0 saturated carbocycles. The molecule has 1 aromatic carbocycles. The lowest BCUT2D eigenvalue weighted by atomic mass is 9.93. The third-order valence-corrected chi connectivity index (χ3v) is 7.34. The molecule has 0 spiro atoms. The highest BCUT2D eigenvalue weighted by molar-refractivity contribution is 5.76. The third kappa shape index (κ3) is 4.85. The Morgan fingerprint density at radius 2 is 1.97 bits per heavy atom. The largest absolute Gasteiger partial charge is 0.324 e. The van der Waals surface area contributed by atoms with Gasteiger partial charge in [0.15, 0.2) is 5.82 Å². The van der Waals surface area contributed by atoms with Gasteiger partial charge >= 0.3 is 0 Å². The second-order valence-corrected chi connectivity index (χ2v) is 9.84. The third-order valence-electron chi connectivity index (χ3n) is 7.34. The summed E-state index contributed by atoms with van der Waals surface area (Å²) >= 11 is 0. The molecule has 3 aromatic rings. The summed E-state index contributed by atoms with van der Waals surface area (Å²) in [6.07, 6.45) is 9.85. The van der Waals surface area contributed by atoms with E-state index in [9.17, 15) is 8.78 Å². The average molecular weight is 483 g/mol. The molecule has 6 nitrogen and oxygen atoms in total. The number of alkyl halides is 2. The molecule has 0 saturated heterocycles. The smallest absolute Gasteiger partial charge is 0.264 e. The van der Waals surface area contributed by atoms with Crippen molar-refractivity contribution >= 4 is 11.5 Å². The highest BCUT2D eigenvalue weighted by atomic mass is 19.3. The van der Waals surface area contributed by atoms with Gasteiger partial charge in [0, 0.05) is 73.9 Å². The molecule has 0 unspecified atom stereocenters. The van der Waals surface area contributed by atoms with E-state index >= 15 is 0 Å². The van der Waals surface area contributed by atoms with Gasteiger partial charge in [-0.2, -0.15) is 10.2 Å². The number of unbranched alkanes of at least 4 members (excludes halogenated alkanes) is 4. The van der Waals surface area contributed by atoms with Crippen LogP contribution >= 0.6 is 0 Å². The lowest BCUT2D eigenvalue weighted by Gasteiger charge is -2.32. The highest BCUT2D eigenvalue weighted by Crippen LogP contribution is 2.42. The van der Waals surface area contributed by atoms with Crippen molar-refractivity contribution in [1.29, 1.82) is 0 Å². The minimum atomic E-state index is -2.56. The van der Waals surface area contributed by atoms with Crippen LogP contribution < -0.4 is 10.2 Å². The number of halogens is 2. The van der Waals surface area contributed by atoms with Crippen LogP contribution in [0, 0.1) is 0 Å². The fourth-order valence-corrected chi connectivity index (χ4v) is 5.53. The molecule has 0 fully saturated rings. The van der Waals surface area contributed by atoms with Crippen molar-refractivity contribution in [3.63, 3.8) is 0 Å². The zero-order valence-corrected chi connectivity index (χ0v) is 20.9. The predicted octanol–water partition coefficient (Wildman–Crippen LogP) is 5.92. The molecular formula is C27H36F2N6. The van der Waals surface area contributed by atoms with Crippen LogP contribution in [-0.2, 0) is 33.0 Å². The maximum absolute atomic E-state index is 14.2. The molecular weight excluding hydrogens is 446 g/mol. The molecule has 0 bridgehead atoms. The van der Waals surface area contributed by atoms with Gasteiger partial charge < -0.3 is 10.2 Å². The number of hydrogen-bond donors (Lipinski definition) is 1. The van der Waals surface area contributed by atoms with Crippen molar-refractivity contribution in [2.75, 3.05) is 18.0 Å². The zero-order chi connectivity index (χ0) is 24.4. The molecule has 2 aromatic heterocycles. The van der Waals surface area contributed by atoms with Gasteiger partial charge in [-0.3, -0.25) is 9.36 Å². The SMILES string of the molecule is CCCCCCCn1nc(N2CCCc3cc(-c4cnn(C)c4)c(C(F)F)cc32)c2c1CCNC2. The molecule has 2 aliphatic heterocycles. The summed E-state index contributed by atoms with van der Waals surface area (Å²) in [6.45, 7) is 5.69. The summed E-state index contributed by atoms with van der Waals surface area (Å²) in [5, 5.41) is 12.8. The Labute approximate surface area is 206 Å². The lowest BCUT2D eigenvalue weighted by molar-refractivity contribution is 0.152. The van der Waals surface area contributed by atoms with E-state index in [2.05, 4.69) is 26.9 Å². The van der Waals surface area contributed by atoms with Crippen LogP contribution in [0.3, 0.4) is 0 Å². The van der Waals surface area contributed by atoms with Crippen molar-refractivity contribution in [1.82, 2.24) is 24.9 Å². The van der Waals surface area contributed by atoms with Crippen LogP contribution in [0.1, 0.15) is 74.3 Å². The molecule has 0 amide bonds. The standard InChI is InChI=1S/C27H36F2N6/c1-3-4-5-6-7-13-35-24-10-11-30-17-23(24)27(32-35)34-12-8-9-19-14-21(20-16-31-33(2)18-20)22(26(28)29)15-25(19)34/h14-16,18,26,30H,3-13,17H2,1-2H3. The number of benzene rings is 1. The van der Waals surface area contributed by atoms with E-state index in [0.29, 0.717) is 5.56 Å². The molecule has 1 N–H and O–H groups in total. The summed E-state index contributed by atoms with van der Waals surface area (Å²) < 4.78 is 32.4. The van der Waals surface area contributed by atoms with Crippen molar-refractivity contribution < 1.29 is 8.78 Å². The summed E-state index contributed by atoms with van der Waals surface area (Å²) in [5.41, 5.74) is 5.89. The molecule has 5 rings (SSSR count). The van der Waals surface area contributed by atoms with Crippen LogP contribution in [0.4, 0.5) is 20.3 Å². The molecule has 0 radical (unpaired) electrons. The minimum Gasteiger partial charge on any atom is -0.324 e. The number of fused-ring (bicyclic) bond motifs is 2. The van der Waals surface area contributed by atoms with Crippen LogP contribution in [0.15, 0.2) is 24.5 Å². The summed E-state index contributed by atoms with van der Waals surface area (Å²) in [7, 11) is 1.81. The first-order chi connectivity index (χ1) is 17.1. The highest BCUT2D eigenvalue weighted by Gasteiger charge is 2.30. The van der Waals surface area contributed by atoms with E-state index in [1.54, 1.807) is 23.1 Å². The quantitative estimate of drug-likeness (QED) is 0.385. The molecule has 8 heteroatoms. The Morgan fingerprint density at radius 3 is 2.74 bits per heavy atom. The van der Waals surface area contributed by atoms with Gasteiger partial charge in [-0.25, -0.2) is 8.78 Å². The van der Waals surface area contributed by atoms with Gasteiger partial charge in [0.1, 0.15) is 0 Å². The van der Waals surface area contributed by atoms with Gasteiger partial charge in [-0.05, 0) is 42.5 Å². The number of aromatic nitrogens is 4. The number of nitrogens with zero attached hydrogens (tertiary/aromatic N) is 5. The van der Waals surface area contributed by atoms with E-state index in [1.807, 2.05) is 13.1 Å². The van der Waals surface area contributed by atoms with Gasteiger partial charge in [-0.1, -0.05) is 32.6 Å². The Balaban J connectivity index is 1.51. The van der Waals surface area contributed by atoms with E-state index in [4.69, 9.17) is 5.10 Å². The fourth-order valence-electron chi connectivity index (χ4n) is 5.53. The van der Waals surface area contributed by atoms with Crippen molar-refractivity contribution in [2.45, 2.75) is 77.8 Å². The summed E-state index contributed by atoms with van der Waals surface area (Å²) in [5.74, 6) is 0.941. The maximum atomic E-state index is 14.2. The van der Waals surface area contributed by atoms with Crippen LogP contribution in [0.25, 0.3) is 11.1 Å². The molecule has 2 aliphatic rings. The molecule has 188 valence electrons. The minimum absolute atomic E-state index is 0.0611. The normalized spacial score (nSPS) is 15.5. The number of hydrogen-bond acceptors (Lipinski definition) is 4. The Kier molecular flexibility index (Phi) is 7.18. The number of rotatable bonds is 9. The summed E-state index contributed by atoms with van der Waals surface area (Å²) in [6, 6.07) is 3.66. The molecule has 4 heterocycles. The number of aryl methyl sites for hydroxylation is 3. The topological polar surface area (TPSA) is 50.9 Å². The molecule has 0 atom stereocenters. The Hall–Kier alpha value is -2.74. The molecule has 35 heavy (non-hydrogen) atoms. The Morgan fingerprint density at radius 1 is 1.11 bits per heavy atom. The van der Waals surface area contributed by atoms with E-state index in [0.717, 1.165) is 74.5 Å². The first kappa shape index (κ1) is 24.0. The number of anilines is 2. The van der Waals surface area contributed by atoms with Gasteiger partial charge in [-0.15, -0.1) is 0 Å². The number of nitrogens with one attached hydrogen (secondary N) is 1. The summed E-state index contributed by atoms with van der Waals surface area (Å²) in [4.78, 5) is 2.19. The van der Waals surface area contributed by atoms with E-state index < -0.39 is 6.43 Å². The first-order valence-electron chi connectivity index (χ1n) is 13.1. The van der Waals surface area contributed by atoms with Crippen LogP contribution in [-0.4, -0.2) is 32.7 Å². The predicted molar refractivity (Wildman–Crippen MR) is 135 cm³/mol. The van der Waals surface area contributed by atoms with Crippen molar-refractivity contribution in [3.8, 4) is 11.1 Å². The fraction of sp³-hybridized carbons (Fsp3) is 0.556. The first-order valence-corrected chi connectivity index (χ1v) is 13.1. The van der Waals surface area contributed by atoms with Crippen LogP contribution in [0.2, 0.25) is 0 Å². The lowest BCUT2D eigenvalue weighted by Crippen LogP contribution is -2.29.